The van der Waals surface area contributed by atoms with E-state index in [0.717, 1.165) is 45.6 Å². The van der Waals surface area contributed by atoms with Crippen molar-refractivity contribution >= 4 is 27.5 Å². The lowest BCUT2D eigenvalue weighted by Gasteiger charge is -2.26. The Morgan fingerprint density at radius 1 is 0.968 bits per heavy atom. The fourth-order valence-corrected chi connectivity index (χ4v) is 4.91. The van der Waals surface area contributed by atoms with Crippen molar-refractivity contribution < 1.29 is 31.2 Å². The number of nitrogens with zero attached hydrogens (tertiary/aromatic N) is 2. The Bertz CT molecular complexity index is 1210. The van der Waals surface area contributed by atoms with E-state index in [0.29, 0.717) is 0 Å². The molecule has 0 bridgehead atoms. The summed E-state index contributed by atoms with van der Waals surface area (Å²) in [6.45, 7) is -0.312. The summed E-state index contributed by atoms with van der Waals surface area (Å²) in [6.07, 6.45) is 0.946. The molecule has 1 aromatic heterocycles. The molecule has 1 saturated heterocycles. The highest BCUT2D eigenvalue weighted by Gasteiger charge is 2.47. The second-order valence-corrected chi connectivity index (χ2v) is 8.74. The van der Waals surface area contributed by atoms with Gasteiger partial charge in [0.2, 0.25) is 15.9 Å². The molecule has 1 aliphatic rings. The summed E-state index contributed by atoms with van der Waals surface area (Å²) in [4.78, 5) is 26.3. The molecule has 4 rings (SSSR count). The van der Waals surface area contributed by atoms with Gasteiger partial charge in [0.05, 0.1) is 29.8 Å². The molecule has 160 valence electrons. The van der Waals surface area contributed by atoms with Crippen molar-refractivity contribution in [2.75, 3.05) is 4.90 Å². The molecule has 0 radical (unpaired) electrons. The van der Waals surface area contributed by atoms with E-state index < -0.39 is 45.9 Å². The molecule has 0 aliphatic carbocycles. The van der Waals surface area contributed by atoms with Crippen molar-refractivity contribution in [3.05, 3.63) is 84.3 Å². The first kappa shape index (κ1) is 20.9. The number of furan rings is 1. The number of rotatable bonds is 6. The van der Waals surface area contributed by atoms with Gasteiger partial charge in [0.25, 0.3) is 5.91 Å². The highest BCUT2D eigenvalue weighted by Crippen LogP contribution is 2.30. The van der Waals surface area contributed by atoms with Crippen molar-refractivity contribution in [2.24, 2.45) is 0 Å². The molecule has 0 spiro atoms. The highest BCUT2D eigenvalue weighted by molar-refractivity contribution is 7.89. The van der Waals surface area contributed by atoms with Gasteiger partial charge in [0.15, 0.2) is 0 Å². The zero-order valence-electron chi connectivity index (χ0n) is 15.9. The number of carbonyl (C=O) groups excluding carboxylic acids is 2. The van der Waals surface area contributed by atoms with E-state index in [1.165, 1.54) is 24.5 Å². The summed E-state index contributed by atoms with van der Waals surface area (Å²) in [5.74, 6) is -2.30. The van der Waals surface area contributed by atoms with Gasteiger partial charge < -0.3 is 4.42 Å². The van der Waals surface area contributed by atoms with Crippen LogP contribution in [-0.4, -0.2) is 30.6 Å². The lowest BCUT2D eigenvalue weighted by molar-refractivity contribution is -0.122. The molecular formula is C21H16F2N2O5S. The van der Waals surface area contributed by atoms with Gasteiger partial charge in [-0.3, -0.25) is 9.59 Å². The molecule has 3 aromatic rings. The van der Waals surface area contributed by atoms with Crippen LogP contribution < -0.4 is 4.90 Å². The minimum absolute atomic E-state index is 0.135. The normalized spacial score (nSPS) is 17.0. The van der Waals surface area contributed by atoms with Crippen LogP contribution in [0.4, 0.5) is 14.5 Å². The summed E-state index contributed by atoms with van der Waals surface area (Å²) in [6, 6.07) is 10.6. The third-order valence-corrected chi connectivity index (χ3v) is 6.74. The molecule has 7 nitrogen and oxygen atoms in total. The van der Waals surface area contributed by atoms with E-state index in [9.17, 15) is 26.8 Å². The minimum atomic E-state index is -4.30. The van der Waals surface area contributed by atoms with E-state index in [2.05, 4.69) is 0 Å². The standard InChI is InChI=1S/C21H16F2N2O5S/c22-14-3-7-16(8-4-14)25-20(26)12-19(21(25)27)24(13-17-2-1-11-30-17)31(28,29)18-9-5-15(23)6-10-18/h1-11,19H,12-13H2. The van der Waals surface area contributed by atoms with Crippen LogP contribution in [0.3, 0.4) is 0 Å². The molecule has 2 heterocycles. The van der Waals surface area contributed by atoms with Crippen molar-refractivity contribution in [3.63, 3.8) is 0 Å². The first-order valence-corrected chi connectivity index (χ1v) is 10.6. The van der Waals surface area contributed by atoms with Crippen molar-refractivity contribution in [2.45, 2.75) is 23.9 Å². The fraction of sp³-hybridized carbons (Fsp3) is 0.143. The number of hydrogen-bond donors (Lipinski definition) is 0. The van der Waals surface area contributed by atoms with Crippen molar-refractivity contribution in [1.29, 1.82) is 0 Å². The van der Waals surface area contributed by atoms with Crippen molar-refractivity contribution in [1.82, 2.24) is 4.31 Å². The number of halogens is 2. The number of amides is 2. The zero-order chi connectivity index (χ0) is 22.2. The molecule has 1 fully saturated rings. The Kier molecular flexibility index (Phi) is 5.42. The largest absolute Gasteiger partial charge is 0.468 e. The van der Waals surface area contributed by atoms with E-state index in [1.807, 2.05) is 0 Å². The fourth-order valence-electron chi connectivity index (χ4n) is 3.36. The average molecular weight is 446 g/mol. The molecule has 31 heavy (non-hydrogen) atoms. The van der Waals surface area contributed by atoms with Crippen LogP contribution in [-0.2, 0) is 26.2 Å². The Hall–Kier alpha value is -3.37. The molecule has 2 amide bonds. The molecule has 2 aromatic carbocycles. The van der Waals surface area contributed by atoms with Gasteiger partial charge >= 0.3 is 0 Å². The molecule has 0 N–H and O–H groups in total. The monoisotopic (exact) mass is 446 g/mol. The number of benzene rings is 2. The maximum atomic E-state index is 13.3. The maximum Gasteiger partial charge on any atom is 0.252 e. The second-order valence-electron chi connectivity index (χ2n) is 6.85. The Morgan fingerprint density at radius 2 is 1.58 bits per heavy atom. The molecule has 1 aliphatic heterocycles. The SMILES string of the molecule is O=C1CC(N(Cc2ccco2)S(=O)(=O)c2ccc(F)cc2)C(=O)N1c1ccc(F)cc1. The maximum absolute atomic E-state index is 13.3. The van der Waals surface area contributed by atoms with Crippen LogP contribution in [0, 0.1) is 11.6 Å². The molecule has 1 unspecified atom stereocenters. The van der Waals surface area contributed by atoms with Crippen LogP contribution in [0.25, 0.3) is 0 Å². The van der Waals surface area contributed by atoms with E-state index in [1.54, 1.807) is 6.07 Å². The lowest BCUT2D eigenvalue weighted by Crippen LogP contribution is -2.45. The van der Waals surface area contributed by atoms with Crippen LogP contribution in [0.2, 0.25) is 0 Å². The summed E-state index contributed by atoms with van der Waals surface area (Å²) in [7, 11) is -4.30. The minimum Gasteiger partial charge on any atom is -0.468 e. The Morgan fingerprint density at radius 3 is 2.16 bits per heavy atom. The van der Waals surface area contributed by atoms with Crippen molar-refractivity contribution in [3.8, 4) is 0 Å². The van der Waals surface area contributed by atoms with E-state index in [4.69, 9.17) is 4.42 Å². The number of carbonyl (C=O) groups is 2. The van der Waals surface area contributed by atoms with Crippen LogP contribution in [0.1, 0.15) is 12.2 Å². The predicted molar refractivity (Wildman–Crippen MR) is 105 cm³/mol. The molecule has 10 heteroatoms. The molecular weight excluding hydrogens is 430 g/mol. The van der Waals surface area contributed by atoms with Gasteiger partial charge in [-0.15, -0.1) is 0 Å². The predicted octanol–water partition coefficient (Wildman–Crippen LogP) is 3.08. The average Bonchev–Trinajstić information content (AvgIpc) is 3.35. The third kappa shape index (κ3) is 3.99. The van der Waals surface area contributed by atoms with Crippen LogP contribution in [0.15, 0.2) is 76.2 Å². The summed E-state index contributed by atoms with van der Waals surface area (Å²) in [5, 5.41) is 0. The number of hydrogen-bond acceptors (Lipinski definition) is 5. The van der Waals surface area contributed by atoms with Crippen LogP contribution in [0.5, 0.6) is 0 Å². The van der Waals surface area contributed by atoms with Gasteiger partial charge in [-0.1, -0.05) is 0 Å². The van der Waals surface area contributed by atoms with Gasteiger partial charge in [0.1, 0.15) is 23.4 Å². The lowest BCUT2D eigenvalue weighted by atomic mass is 10.2. The third-order valence-electron chi connectivity index (χ3n) is 4.87. The Labute approximate surface area is 176 Å². The van der Waals surface area contributed by atoms with Gasteiger partial charge in [-0.25, -0.2) is 22.1 Å². The summed E-state index contributed by atoms with van der Waals surface area (Å²) in [5.41, 5.74) is 0.135. The van der Waals surface area contributed by atoms with Gasteiger partial charge in [-0.2, -0.15) is 4.31 Å². The topological polar surface area (TPSA) is 87.9 Å². The van der Waals surface area contributed by atoms with E-state index in [-0.39, 0.29) is 22.9 Å². The number of sulfonamides is 1. The Balaban J connectivity index is 1.73. The summed E-state index contributed by atoms with van der Waals surface area (Å²) < 4.78 is 59.3. The zero-order valence-corrected chi connectivity index (χ0v) is 16.8. The van der Waals surface area contributed by atoms with E-state index >= 15 is 0 Å². The number of anilines is 1. The smallest absolute Gasteiger partial charge is 0.252 e. The summed E-state index contributed by atoms with van der Waals surface area (Å²) >= 11 is 0. The quantitative estimate of drug-likeness (QED) is 0.543. The molecule has 1 atom stereocenters. The first-order valence-electron chi connectivity index (χ1n) is 9.19. The van der Waals surface area contributed by atoms with Crippen LogP contribution >= 0.6 is 0 Å². The van der Waals surface area contributed by atoms with Gasteiger partial charge in [0, 0.05) is 0 Å². The van der Waals surface area contributed by atoms with Gasteiger partial charge in [-0.05, 0) is 60.7 Å². The highest BCUT2D eigenvalue weighted by atomic mass is 32.2. The second kappa shape index (κ2) is 8.05. The number of imide groups is 1. The first-order chi connectivity index (χ1) is 14.8. The molecule has 0 saturated carbocycles.